The standard InChI is InChI=1S/C22H28N4O3/c1-21(2,3)29-20(28)26-18(19(27)25-15-9-11-23-12-10-15)13-22(4)14-24-17-8-6-5-7-16(17)22/h5-12,18,24H,13-14H2,1-4H3,(H,26,28)(H,23,25,27)/t18-,22?/m0/s1. The largest absolute Gasteiger partial charge is 0.444 e. The number of carbonyl (C=O) groups is 2. The number of benzene rings is 1. The summed E-state index contributed by atoms with van der Waals surface area (Å²) in [6.07, 6.45) is 3.01. The zero-order valence-corrected chi connectivity index (χ0v) is 17.3. The molecule has 1 aliphatic rings. The topological polar surface area (TPSA) is 92.4 Å². The molecule has 2 aromatic rings. The highest BCUT2D eigenvalue weighted by atomic mass is 16.6. The van der Waals surface area contributed by atoms with Gasteiger partial charge < -0.3 is 20.7 Å². The first-order valence-corrected chi connectivity index (χ1v) is 9.70. The predicted octanol–water partition coefficient (Wildman–Crippen LogP) is 3.69. The number of nitrogens with one attached hydrogen (secondary N) is 3. The van der Waals surface area contributed by atoms with E-state index in [4.69, 9.17) is 4.74 Å². The Morgan fingerprint density at radius 1 is 1.21 bits per heavy atom. The van der Waals surface area contributed by atoms with Gasteiger partial charge in [0.15, 0.2) is 0 Å². The second-order valence-electron chi connectivity index (χ2n) is 8.59. The molecular weight excluding hydrogens is 368 g/mol. The molecule has 154 valence electrons. The van der Waals surface area contributed by atoms with E-state index >= 15 is 0 Å². The zero-order valence-electron chi connectivity index (χ0n) is 17.3. The van der Waals surface area contributed by atoms with E-state index in [1.807, 2.05) is 18.2 Å². The quantitative estimate of drug-likeness (QED) is 0.717. The second-order valence-corrected chi connectivity index (χ2v) is 8.59. The van der Waals surface area contributed by atoms with Gasteiger partial charge in [-0.3, -0.25) is 9.78 Å². The number of hydrogen-bond donors (Lipinski definition) is 3. The van der Waals surface area contributed by atoms with Crippen molar-refractivity contribution in [3.05, 3.63) is 54.4 Å². The summed E-state index contributed by atoms with van der Waals surface area (Å²) in [6.45, 7) is 8.14. The molecule has 2 heterocycles. The van der Waals surface area contributed by atoms with Gasteiger partial charge in [0.1, 0.15) is 11.6 Å². The van der Waals surface area contributed by atoms with Crippen LogP contribution in [-0.4, -0.2) is 35.2 Å². The van der Waals surface area contributed by atoms with Crippen molar-refractivity contribution < 1.29 is 14.3 Å². The summed E-state index contributed by atoms with van der Waals surface area (Å²) in [7, 11) is 0. The van der Waals surface area contributed by atoms with Gasteiger partial charge in [-0.2, -0.15) is 0 Å². The number of nitrogens with zero attached hydrogens (tertiary/aromatic N) is 1. The van der Waals surface area contributed by atoms with Crippen molar-refractivity contribution in [1.29, 1.82) is 0 Å². The van der Waals surface area contributed by atoms with Crippen LogP contribution in [0.2, 0.25) is 0 Å². The fraction of sp³-hybridized carbons (Fsp3) is 0.409. The summed E-state index contributed by atoms with van der Waals surface area (Å²) in [6, 6.07) is 10.7. The lowest BCUT2D eigenvalue weighted by Gasteiger charge is -2.30. The Hall–Kier alpha value is -3.09. The third-order valence-electron chi connectivity index (χ3n) is 4.86. The summed E-state index contributed by atoms with van der Waals surface area (Å²) < 4.78 is 5.38. The van der Waals surface area contributed by atoms with E-state index in [2.05, 4.69) is 33.9 Å². The first kappa shape index (κ1) is 20.6. The van der Waals surface area contributed by atoms with Gasteiger partial charge in [0.25, 0.3) is 0 Å². The van der Waals surface area contributed by atoms with Gasteiger partial charge in [0.05, 0.1) is 0 Å². The number of carbonyl (C=O) groups excluding carboxylic acids is 2. The zero-order chi connectivity index (χ0) is 21.1. The third kappa shape index (κ3) is 5.25. The molecule has 0 bridgehead atoms. The number of rotatable bonds is 5. The van der Waals surface area contributed by atoms with E-state index in [0.717, 1.165) is 11.3 Å². The highest BCUT2D eigenvalue weighted by Gasteiger charge is 2.39. The molecule has 0 saturated carbocycles. The highest BCUT2D eigenvalue weighted by Crippen LogP contribution is 2.39. The van der Waals surface area contributed by atoms with E-state index in [0.29, 0.717) is 18.7 Å². The minimum Gasteiger partial charge on any atom is -0.444 e. The van der Waals surface area contributed by atoms with Crippen LogP contribution in [-0.2, 0) is 14.9 Å². The fourth-order valence-corrected chi connectivity index (χ4v) is 3.51. The third-order valence-corrected chi connectivity index (χ3v) is 4.86. The van der Waals surface area contributed by atoms with Crippen LogP contribution in [0.3, 0.4) is 0 Å². The monoisotopic (exact) mass is 396 g/mol. The van der Waals surface area contributed by atoms with Crippen LogP contribution in [0.1, 0.15) is 39.7 Å². The maximum absolute atomic E-state index is 13.0. The molecule has 3 N–H and O–H groups in total. The smallest absolute Gasteiger partial charge is 0.408 e. The van der Waals surface area contributed by atoms with Gasteiger partial charge >= 0.3 is 6.09 Å². The van der Waals surface area contributed by atoms with Crippen molar-refractivity contribution in [2.24, 2.45) is 0 Å². The second kappa shape index (κ2) is 8.11. The van der Waals surface area contributed by atoms with Crippen LogP contribution in [0.4, 0.5) is 16.2 Å². The van der Waals surface area contributed by atoms with Crippen LogP contribution in [0.15, 0.2) is 48.8 Å². The van der Waals surface area contributed by atoms with Crippen molar-refractivity contribution in [2.75, 3.05) is 17.2 Å². The number of alkyl carbamates (subject to hydrolysis) is 1. The van der Waals surface area contributed by atoms with E-state index in [1.54, 1.807) is 45.3 Å². The van der Waals surface area contributed by atoms with E-state index < -0.39 is 17.7 Å². The van der Waals surface area contributed by atoms with Crippen molar-refractivity contribution in [3.63, 3.8) is 0 Å². The molecule has 0 spiro atoms. The molecule has 1 aromatic carbocycles. The minimum atomic E-state index is -0.768. The summed E-state index contributed by atoms with van der Waals surface area (Å²) in [4.78, 5) is 29.4. The molecule has 1 aliphatic heterocycles. The molecule has 0 radical (unpaired) electrons. The molecule has 3 rings (SSSR count). The van der Waals surface area contributed by atoms with Crippen molar-refractivity contribution in [1.82, 2.24) is 10.3 Å². The van der Waals surface area contributed by atoms with Gasteiger partial charge in [-0.1, -0.05) is 25.1 Å². The average molecular weight is 396 g/mol. The lowest BCUT2D eigenvalue weighted by atomic mass is 9.78. The number of amides is 2. The Kier molecular flexibility index (Phi) is 5.77. The molecule has 2 amide bonds. The van der Waals surface area contributed by atoms with Gasteiger partial charge in [-0.05, 0) is 51.0 Å². The highest BCUT2D eigenvalue weighted by molar-refractivity contribution is 5.96. The Bertz CT molecular complexity index is 879. The summed E-state index contributed by atoms with van der Waals surface area (Å²) in [5.74, 6) is -0.298. The van der Waals surface area contributed by atoms with E-state index in [-0.39, 0.29) is 11.3 Å². The average Bonchev–Trinajstić information content (AvgIpc) is 2.98. The number of anilines is 2. The molecule has 1 aromatic heterocycles. The van der Waals surface area contributed by atoms with Crippen molar-refractivity contribution in [3.8, 4) is 0 Å². The van der Waals surface area contributed by atoms with E-state index in [1.165, 1.54) is 0 Å². The lowest BCUT2D eigenvalue weighted by molar-refractivity contribution is -0.118. The van der Waals surface area contributed by atoms with Crippen LogP contribution in [0.25, 0.3) is 0 Å². The molecule has 0 fully saturated rings. The van der Waals surface area contributed by atoms with Crippen molar-refractivity contribution >= 4 is 23.4 Å². The molecule has 1 unspecified atom stereocenters. The van der Waals surface area contributed by atoms with Crippen LogP contribution < -0.4 is 16.0 Å². The molecule has 0 aliphatic carbocycles. The number of fused-ring (bicyclic) bond motifs is 1. The summed E-state index contributed by atoms with van der Waals surface area (Å²) >= 11 is 0. The maximum Gasteiger partial charge on any atom is 0.408 e. The molecule has 0 saturated heterocycles. The van der Waals surface area contributed by atoms with Crippen LogP contribution >= 0.6 is 0 Å². The Morgan fingerprint density at radius 3 is 2.59 bits per heavy atom. The summed E-state index contributed by atoms with van der Waals surface area (Å²) in [5, 5.41) is 9.01. The number of hydrogen-bond acceptors (Lipinski definition) is 5. The number of ether oxygens (including phenoxy) is 1. The Labute approximate surface area is 171 Å². The number of aromatic nitrogens is 1. The molecule has 7 heteroatoms. The first-order chi connectivity index (χ1) is 13.7. The normalized spacial score (nSPS) is 18.9. The minimum absolute atomic E-state index is 0.298. The summed E-state index contributed by atoms with van der Waals surface area (Å²) in [5.41, 5.74) is 1.84. The SMILES string of the molecule is CC(C)(C)OC(=O)N[C@@H](CC1(C)CNc2ccccc21)C(=O)Nc1ccncc1. The molecular formula is C22H28N4O3. The van der Waals surface area contributed by atoms with Gasteiger partial charge in [-0.25, -0.2) is 4.79 Å². The Morgan fingerprint density at radius 2 is 1.90 bits per heavy atom. The maximum atomic E-state index is 13.0. The van der Waals surface area contributed by atoms with Gasteiger partial charge in [0.2, 0.25) is 5.91 Å². The molecule has 2 atom stereocenters. The first-order valence-electron chi connectivity index (χ1n) is 9.70. The van der Waals surface area contributed by atoms with E-state index in [9.17, 15) is 9.59 Å². The van der Waals surface area contributed by atoms with Gasteiger partial charge in [-0.15, -0.1) is 0 Å². The fourth-order valence-electron chi connectivity index (χ4n) is 3.51. The van der Waals surface area contributed by atoms with Crippen molar-refractivity contribution in [2.45, 2.75) is 51.2 Å². The number of para-hydroxylation sites is 1. The van der Waals surface area contributed by atoms with Crippen LogP contribution in [0.5, 0.6) is 0 Å². The Balaban J connectivity index is 1.80. The van der Waals surface area contributed by atoms with Crippen LogP contribution in [0, 0.1) is 0 Å². The van der Waals surface area contributed by atoms with Gasteiger partial charge in [0, 0.05) is 35.7 Å². The predicted molar refractivity (Wildman–Crippen MR) is 113 cm³/mol. The molecule has 7 nitrogen and oxygen atoms in total. The molecule has 29 heavy (non-hydrogen) atoms. The lowest BCUT2D eigenvalue weighted by Crippen LogP contribution is -2.49. The number of pyridine rings is 1.